The Hall–Kier alpha value is -2.21. The van der Waals surface area contributed by atoms with Gasteiger partial charge >= 0.3 is 5.97 Å². The van der Waals surface area contributed by atoms with Crippen LogP contribution in [-0.2, 0) is 9.53 Å². The molecule has 2 rings (SSSR count). The highest BCUT2D eigenvalue weighted by molar-refractivity contribution is 5.77. The molecule has 0 aliphatic rings. The van der Waals surface area contributed by atoms with Crippen LogP contribution in [0.4, 0.5) is 0 Å². The first kappa shape index (κ1) is 14.2. The topological polar surface area (TPSA) is 83.0 Å². The van der Waals surface area contributed by atoms with Crippen molar-refractivity contribution in [1.29, 1.82) is 0 Å². The van der Waals surface area contributed by atoms with Gasteiger partial charge in [0.25, 0.3) is 0 Å². The summed E-state index contributed by atoms with van der Waals surface area (Å²) in [7, 11) is 0. The normalized spacial score (nSPS) is 13.0. The van der Waals surface area contributed by atoms with Gasteiger partial charge in [-0.15, -0.1) is 5.10 Å². The molecule has 0 aliphatic heterocycles. The standard InChI is InChI=1S/C14H18N4O2/c1-14(2,3)20-13(19)12(15)11-9-18(17-16-11)10-7-5-4-6-8-10/h4-9,12H,15H2,1-3H3. The van der Waals surface area contributed by atoms with Gasteiger partial charge in [-0.3, -0.25) is 0 Å². The third-order valence-corrected chi connectivity index (χ3v) is 2.51. The minimum Gasteiger partial charge on any atom is -0.459 e. The molecule has 0 saturated heterocycles. The van der Waals surface area contributed by atoms with E-state index in [0.29, 0.717) is 5.69 Å². The van der Waals surface area contributed by atoms with E-state index in [1.807, 2.05) is 30.3 Å². The molecule has 0 bridgehead atoms. The summed E-state index contributed by atoms with van der Waals surface area (Å²) in [6, 6.07) is 8.53. The van der Waals surface area contributed by atoms with Gasteiger partial charge in [0, 0.05) is 0 Å². The lowest BCUT2D eigenvalue weighted by Gasteiger charge is -2.21. The summed E-state index contributed by atoms with van der Waals surface area (Å²) in [6.07, 6.45) is 1.63. The number of nitrogens with two attached hydrogens (primary N) is 1. The highest BCUT2D eigenvalue weighted by Gasteiger charge is 2.25. The van der Waals surface area contributed by atoms with Gasteiger partial charge in [0.15, 0.2) is 0 Å². The molecule has 20 heavy (non-hydrogen) atoms. The number of aromatic nitrogens is 3. The fraction of sp³-hybridized carbons (Fsp3) is 0.357. The van der Waals surface area contributed by atoms with E-state index in [0.717, 1.165) is 5.69 Å². The van der Waals surface area contributed by atoms with Crippen molar-refractivity contribution in [2.75, 3.05) is 0 Å². The van der Waals surface area contributed by atoms with Crippen molar-refractivity contribution in [3.8, 4) is 5.69 Å². The summed E-state index contributed by atoms with van der Waals surface area (Å²) >= 11 is 0. The molecule has 1 unspecified atom stereocenters. The number of esters is 1. The first-order chi connectivity index (χ1) is 9.37. The summed E-state index contributed by atoms with van der Waals surface area (Å²) in [5.74, 6) is -0.516. The second kappa shape index (κ2) is 5.42. The van der Waals surface area contributed by atoms with E-state index in [1.54, 1.807) is 31.6 Å². The molecule has 0 saturated carbocycles. The zero-order valence-corrected chi connectivity index (χ0v) is 11.8. The Morgan fingerprint density at radius 2 is 1.95 bits per heavy atom. The number of ether oxygens (including phenoxy) is 1. The molecule has 0 spiro atoms. The maximum absolute atomic E-state index is 11.9. The molecule has 1 aromatic heterocycles. The molecule has 0 aliphatic carbocycles. The molecule has 6 heteroatoms. The predicted octanol–water partition coefficient (Wildman–Crippen LogP) is 1.61. The zero-order valence-electron chi connectivity index (χ0n) is 11.8. The van der Waals surface area contributed by atoms with Gasteiger partial charge < -0.3 is 10.5 Å². The second-order valence-electron chi connectivity index (χ2n) is 5.43. The molecule has 6 nitrogen and oxygen atoms in total. The number of carbonyl (C=O) groups excluding carboxylic acids is 1. The summed E-state index contributed by atoms with van der Waals surface area (Å²) < 4.78 is 6.80. The average molecular weight is 274 g/mol. The predicted molar refractivity (Wildman–Crippen MR) is 74.1 cm³/mol. The van der Waals surface area contributed by atoms with Crippen molar-refractivity contribution in [2.45, 2.75) is 32.4 Å². The lowest BCUT2D eigenvalue weighted by Crippen LogP contribution is -2.31. The van der Waals surface area contributed by atoms with Gasteiger partial charge in [-0.05, 0) is 32.9 Å². The van der Waals surface area contributed by atoms with Crippen molar-refractivity contribution < 1.29 is 9.53 Å². The van der Waals surface area contributed by atoms with Crippen LogP contribution in [0.5, 0.6) is 0 Å². The van der Waals surface area contributed by atoms with Crippen LogP contribution in [0.2, 0.25) is 0 Å². The summed E-state index contributed by atoms with van der Waals surface area (Å²) in [5, 5.41) is 7.90. The highest BCUT2D eigenvalue weighted by Crippen LogP contribution is 2.15. The molecular weight excluding hydrogens is 256 g/mol. The summed E-state index contributed by atoms with van der Waals surface area (Å²) in [6.45, 7) is 5.37. The fourth-order valence-electron chi connectivity index (χ4n) is 1.61. The van der Waals surface area contributed by atoms with Gasteiger partial charge in [-0.25, -0.2) is 9.48 Å². The van der Waals surface area contributed by atoms with Crippen LogP contribution in [0.25, 0.3) is 5.69 Å². The minimum atomic E-state index is -0.938. The van der Waals surface area contributed by atoms with Gasteiger partial charge in [0.05, 0.1) is 11.9 Å². The molecule has 2 aromatic rings. The van der Waals surface area contributed by atoms with E-state index in [-0.39, 0.29) is 0 Å². The number of rotatable bonds is 3. The van der Waals surface area contributed by atoms with Crippen LogP contribution in [0.15, 0.2) is 36.5 Å². The molecule has 1 aromatic carbocycles. The van der Waals surface area contributed by atoms with Crippen LogP contribution in [0.1, 0.15) is 32.5 Å². The first-order valence-electron chi connectivity index (χ1n) is 6.33. The van der Waals surface area contributed by atoms with E-state index in [2.05, 4.69) is 10.3 Å². The zero-order chi connectivity index (χ0) is 14.8. The minimum absolute atomic E-state index is 0.378. The number of nitrogens with zero attached hydrogens (tertiary/aromatic N) is 3. The van der Waals surface area contributed by atoms with Gasteiger partial charge in [0.2, 0.25) is 0 Å². The maximum atomic E-state index is 11.9. The van der Waals surface area contributed by atoms with Crippen LogP contribution < -0.4 is 5.73 Å². The van der Waals surface area contributed by atoms with E-state index in [4.69, 9.17) is 10.5 Å². The van der Waals surface area contributed by atoms with Crippen LogP contribution >= 0.6 is 0 Å². The van der Waals surface area contributed by atoms with Crippen LogP contribution in [-0.4, -0.2) is 26.6 Å². The SMILES string of the molecule is CC(C)(C)OC(=O)C(N)c1cn(-c2ccccc2)nn1. The fourth-order valence-corrected chi connectivity index (χ4v) is 1.61. The van der Waals surface area contributed by atoms with Crippen LogP contribution in [0, 0.1) is 0 Å². The number of hydrogen-bond donors (Lipinski definition) is 1. The summed E-state index contributed by atoms with van der Waals surface area (Å²) in [5.41, 5.74) is 6.50. The lowest BCUT2D eigenvalue weighted by atomic mass is 10.2. The first-order valence-corrected chi connectivity index (χ1v) is 6.33. The molecule has 0 radical (unpaired) electrons. The van der Waals surface area contributed by atoms with Gasteiger partial charge in [0.1, 0.15) is 17.3 Å². The Morgan fingerprint density at radius 1 is 1.30 bits per heavy atom. The molecular formula is C14H18N4O2. The quantitative estimate of drug-likeness (QED) is 0.860. The second-order valence-corrected chi connectivity index (χ2v) is 5.43. The van der Waals surface area contributed by atoms with Crippen LogP contribution in [0.3, 0.4) is 0 Å². The van der Waals surface area contributed by atoms with Gasteiger partial charge in [-0.1, -0.05) is 23.4 Å². The molecule has 0 amide bonds. The number of hydrogen-bond acceptors (Lipinski definition) is 5. The van der Waals surface area contributed by atoms with Crippen molar-refractivity contribution in [1.82, 2.24) is 15.0 Å². The van der Waals surface area contributed by atoms with E-state index in [9.17, 15) is 4.79 Å². The number of carbonyl (C=O) groups is 1. The monoisotopic (exact) mass is 274 g/mol. The smallest absolute Gasteiger partial charge is 0.329 e. The number of para-hydroxylation sites is 1. The van der Waals surface area contributed by atoms with Crippen molar-refractivity contribution >= 4 is 5.97 Å². The Morgan fingerprint density at radius 3 is 2.55 bits per heavy atom. The largest absolute Gasteiger partial charge is 0.459 e. The van der Waals surface area contributed by atoms with Gasteiger partial charge in [-0.2, -0.15) is 0 Å². The molecule has 1 atom stereocenters. The Labute approximate surface area is 117 Å². The number of benzene rings is 1. The average Bonchev–Trinajstić information content (AvgIpc) is 2.86. The molecule has 0 fully saturated rings. The molecule has 1 heterocycles. The van der Waals surface area contributed by atoms with E-state index < -0.39 is 17.6 Å². The third kappa shape index (κ3) is 3.42. The summed E-state index contributed by atoms with van der Waals surface area (Å²) in [4.78, 5) is 11.9. The van der Waals surface area contributed by atoms with Crippen molar-refractivity contribution in [2.24, 2.45) is 5.73 Å². The van der Waals surface area contributed by atoms with E-state index in [1.165, 1.54) is 0 Å². The van der Waals surface area contributed by atoms with Crippen molar-refractivity contribution in [3.05, 3.63) is 42.2 Å². The Balaban J connectivity index is 2.15. The maximum Gasteiger partial charge on any atom is 0.329 e. The Kier molecular flexibility index (Phi) is 3.85. The third-order valence-electron chi connectivity index (χ3n) is 2.51. The van der Waals surface area contributed by atoms with E-state index >= 15 is 0 Å². The lowest BCUT2D eigenvalue weighted by molar-refractivity contribution is -0.156. The molecule has 106 valence electrons. The highest BCUT2D eigenvalue weighted by atomic mass is 16.6. The Bertz CT molecular complexity index is 587. The molecule has 2 N–H and O–H groups in total. The van der Waals surface area contributed by atoms with Crippen molar-refractivity contribution in [3.63, 3.8) is 0 Å².